The van der Waals surface area contributed by atoms with E-state index in [0.29, 0.717) is 34.7 Å². The van der Waals surface area contributed by atoms with Crippen LogP contribution >= 0.6 is 23.2 Å². The number of anilines is 1. The molecule has 0 aliphatic rings. The maximum absolute atomic E-state index is 10.8. The van der Waals surface area contributed by atoms with Crippen LogP contribution in [0.15, 0.2) is 54.6 Å². The molecule has 1 N–H and O–H groups in total. The number of non-ortho nitro benzene ring substituents is 1. The van der Waals surface area contributed by atoms with E-state index in [1.807, 2.05) is 44.2 Å². The highest BCUT2D eigenvalue weighted by molar-refractivity contribution is 6.32. The first-order chi connectivity index (χ1) is 14.9. The third-order valence-electron chi connectivity index (χ3n) is 4.57. The Labute approximate surface area is 190 Å². The van der Waals surface area contributed by atoms with Crippen molar-refractivity contribution in [3.8, 4) is 11.5 Å². The van der Waals surface area contributed by atoms with Crippen LogP contribution in [0.3, 0.4) is 0 Å². The summed E-state index contributed by atoms with van der Waals surface area (Å²) in [6, 6.07) is 15.7. The second-order valence-corrected chi connectivity index (χ2v) is 7.68. The lowest BCUT2D eigenvalue weighted by atomic mass is 10.1. The summed E-state index contributed by atoms with van der Waals surface area (Å²) in [6.07, 6.45) is 0. The number of nitrogens with one attached hydrogen (secondary N) is 1. The van der Waals surface area contributed by atoms with E-state index in [2.05, 4.69) is 5.32 Å². The van der Waals surface area contributed by atoms with Crippen LogP contribution in [0.2, 0.25) is 10.0 Å². The van der Waals surface area contributed by atoms with Crippen LogP contribution in [-0.4, -0.2) is 11.5 Å². The van der Waals surface area contributed by atoms with Gasteiger partial charge in [-0.05, 0) is 66.9 Å². The van der Waals surface area contributed by atoms with Gasteiger partial charge in [-0.3, -0.25) is 10.1 Å². The van der Waals surface area contributed by atoms with Gasteiger partial charge in [0.1, 0.15) is 6.61 Å². The molecule has 0 aromatic heterocycles. The first kappa shape index (κ1) is 22.7. The molecule has 31 heavy (non-hydrogen) atoms. The van der Waals surface area contributed by atoms with Crippen molar-refractivity contribution in [3.05, 3.63) is 91.4 Å². The first-order valence-corrected chi connectivity index (χ1v) is 10.4. The molecule has 0 spiro atoms. The zero-order valence-electron chi connectivity index (χ0n) is 17.2. The molecule has 0 saturated heterocycles. The maximum atomic E-state index is 10.8. The normalized spacial score (nSPS) is 10.6. The fourth-order valence-electron chi connectivity index (χ4n) is 2.90. The van der Waals surface area contributed by atoms with Crippen molar-refractivity contribution < 1.29 is 14.4 Å². The molecule has 0 bridgehead atoms. The van der Waals surface area contributed by atoms with Crippen LogP contribution < -0.4 is 14.8 Å². The Balaban J connectivity index is 1.73. The van der Waals surface area contributed by atoms with Gasteiger partial charge in [-0.1, -0.05) is 29.3 Å². The molecule has 0 saturated carbocycles. The Morgan fingerprint density at radius 2 is 1.71 bits per heavy atom. The number of ether oxygens (including phenoxy) is 2. The van der Waals surface area contributed by atoms with Crippen LogP contribution in [0.1, 0.15) is 23.6 Å². The first-order valence-electron chi connectivity index (χ1n) is 9.68. The number of hydrogen-bond acceptors (Lipinski definition) is 5. The third kappa shape index (κ3) is 6.03. The van der Waals surface area contributed by atoms with E-state index < -0.39 is 4.92 Å². The Hall–Kier alpha value is -2.96. The van der Waals surface area contributed by atoms with Crippen molar-refractivity contribution in [1.29, 1.82) is 0 Å². The second-order valence-electron chi connectivity index (χ2n) is 6.87. The third-order valence-corrected chi connectivity index (χ3v) is 5.26. The number of benzene rings is 3. The fraction of sp³-hybridized carbons (Fsp3) is 0.217. The molecule has 8 heteroatoms. The van der Waals surface area contributed by atoms with Crippen LogP contribution in [0, 0.1) is 17.0 Å². The highest BCUT2D eigenvalue weighted by Gasteiger charge is 2.14. The molecule has 0 heterocycles. The van der Waals surface area contributed by atoms with Crippen molar-refractivity contribution in [2.24, 2.45) is 0 Å². The summed E-state index contributed by atoms with van der Waals surface area (Å²) in [5.41, 5.74) is 3.66. The predicted molar refractivity (Wildman–Crippen MR) is 124 cm³/mol. The van der Waals surface area contributed by atoms with Gasteiger partial charge in [0.05, 0.1) is 16.6 Å². The average molecular weight is 461 g/mol. The standard InChI is InChI=1S/C23H22Cl2N2O4/c1-3-30-22-11-17(13-26-18-7-4-15(2)20(24)12-18)10-21(25)23(22)31-14-16-5-8-19(9-6-16)27(28)29/h4-12,26H,3,13-14H2,1-2H3. The number of aryl methyl sites for hydroxylation is 1. The Morgan fingerprint density at radius 1 is 0.968 bits per heavy atom. The molecule has 6 nitrogen and oxygen atoms in total. The molecule has 0 atom stereocenters. The number of nitro benzene ring substituents is 1. The largest absolute Gasteiger partial charge is 0.490 e. The SMILES string of the molecule is CCOc1cc(CNc2ccc(C)c(Cl)c2)cc(Cl)c1OCc1ccc([N+](=O)[O-])cc1. The Bertz CT molecular complexity index is 1070. The minimum absolute atomic E-state index is 0.0310. The van der Waals surface area contributed by atoms with Gasteiger partial charge >= 0.3 is 0 Å². The predicted octanol–water partition coefficient (Wildman–Crippen LogP) is 6.80. The van der Waals surface area contributed by atoms with Gasteiger partial charge < -0.3 is 14.8 Å². The van der Waals surface area contributed by atoms with Crippen molar-refractivity contribution in [1.82, 2.24) is 0 Å². The van der Waals surface area contributed by atoms with Gasteiger partial charge in [-0.2, -0.15) is 0 Å². The minimum Gasteiger partial charge on any atom is -0.490 e. The monoisotopic (exact) mass is 460 g/mol. The molecular formula is C23H22Cl2N2O4. The number of hydrogen-bond donors (Lipinski definition) is 1. The lowest BCUT2D eigenvalue weighted by molar-refractivity contribution is -0.384. The van der Waals surface area contributed by atoms with Crippen molar-refractivity contribution in [3.63, 3.8) is 0 Å². The smallest absolute Gasteiger partial charge is 0.269 e. The molecule has 162 valence electrons. The van der Waals surface area contributed by atoms with E-state index >= 15 is 0 Å². The molecule has 0 unspecified atom stereocenters. The van der Waals surface area contributed by atoms with Gasteiger partial charge in [0.15, 0.2) is 11.5 Å². The van der Waals surface area contributed by atoms with Gasteiger partial charge in [-0.15, -0.1) is 0 Å². The topological polar surface area (TPSA) is 73.6 Å². The average Bonchev–Trinajstić information content (AvgIpc) is 2.74. The van der Waals surface area contributed by atoms with E-state index in [9.17, 15) is 10.1 Å². The van der Waals surface area contributed by atoms with Crippen LogP contribution in [-0.2, 0) is 13.2 Å². The highest BCUT2D eigenvalue weighted by Crippen LogP contribution is 2.37. The molecule has 0 aliphatic carbocycles. The molecule has 0 amide bonds. The summed E-state index contributed by atoms with van der Waals surface area (Å²) in [5, 5.41) is 15.2. The number of halogens is 2. The lowest BCUT2D eigenvalue weighted by Gasteiger charge is -2.16. The van der Waals surface area contributed by atoms with Crippen LogP contribution in [0.5, 0.6) is 11.5 Å². The summed E-state index contributed by atoms with van der Waals surface area (Å²) in [6.45, 7) is 5.02. The van der Waals surface area contributed by atoms with Crippen LogP contribution in [0.4, 0.5) is 11.4 Å². The number of rotatable bonds is 9. The summed E-state index contributed by atoms with van der Waals surface area (Å²) >= 11 is 12.7. The van der Waals surface area contributed by atoms with E-state index in [1.165, 1.54) is 12.1 Å². The van der Waals surface area contributed by atoms with E-state index in [4.69, 9.17) is 32.7 Å². The summed E-state index contributed by atoms with van der Waals surface area (Å²) in [5.74, 6) is 0.972. The second kappa shape index (κ2) is 10.4. The lowest BCUT2D eigenvalue weighted by Crippen LogP contribution is -2.04. The number of nitrogens with zero attached hydrogens (tertiary/aromatic N) is 1. The molecule has 0 radical (unpaired) electrons. The molecule has 3 aromatic carbocycles. The quantitative estimate of drug-likeness (QED) is 0.280. The minimum atomic E-state index is -0.438. The molecular weight excluding hydrogens is 439 g/mol. The summed E-state index contributed by atoms with van der Waals surface area (Å²) in [4.78, 5) is 10.4. The fourth-order valence-corrected chi connectivity index (χ4v) is 3.37. The van der Waals surface area contributed by atoms with Crippen LogP contribution in [0.25, 0.3) is 0 Å². The molecule has 0 aliphatic heterocycles. The van der Waals surface area contributed by atoms with E-state index in [1.54, 1.807) is 12.1 Å². The zero-order chi connectivity index (χ0) is 22.4. The maximum Gasteiger partial charge on any atom is 0.269 e. The van der Waals surface area contributed by atoms with Crippen molar-refractivity contribution >= 4 is 34.6 Å². The zero-order valence-corrected chi connectivity index (χ0v) is 18.7. The highest BCUT2D eigenvalue weighted by atomic mass is 35.5. The van der Waals surface area contributed by atoms with Crippen molar-refractivity contribution in [2.75, 3.05) is 11.9 Å². The number of nitro groups is 1. The molecule has 3 aromatic rings. The molecule has 0 fully saturated rings. The summed E-state index contributed by atoms with van der Waals surface area (Å²) in [7, 11) is 0. The van der Waals surface area contributed by atoms with Gasteiger partial charge in [0, 0.05) is 29.4 Å². The van der Waals surface area contributed by atoms with Crippen molar-refractivity contribution in [2.45, 2.75) is 27.0 Å². The Morgan fingerprint density at radius 3 is 2.35 bits per heavy atom. The molecule has 3 rings (SSSR count). The van der Waals surface area contributed by atoms with E-state index in [0.717, 1.165) is 22.4 Å². The summed E-state index contributed by atoms with van der Waals surface area (Å²) < 4.78 is 11.6. The van der Waals surface area contributed by atoms with E-state index in [-0.39, 0.29) is 12.3 Å². The Kier molecular flexibility index (Phi) is 7.60. The van der Waals surface area contributed by atoms with Gasteiger partial charge in [-0.25, -0.2) is 0 Å². The van der Waals surface area contributed by atoms with Gasteiger partial charge in [0.25, 0.3) is 5.69 Å². The van der Waals surface area contributed by atoms with Gasteiger partial charge in [0.2, 0.25) is 0 Å².